The molecule has 1 aliphatic rings. The SMILES string of the molecule is CC(C)N(C)Cc1ccccc1CNS(=O)(=O)c1ccc(S(=O)(=O)N2CCCC2)cc1. The van der Waals surface area contributed by atoms with Gasteiger partial charge in [-0.3, -0.25) is 4.90 Å². The molecule has 3 rings (SSSR count). The van der Waals surface area contributed by atoms with Crippen molar-refractivity contribution in [2.45, 2.75) is 55.6 Å². The summed E-state index contributed by atoms with van der Waals surface area (Å²) < 4.78 is 54.9. The molecule has 1 fully saturated rings. The molecule has 1 aliphatic heterocycles. The molecule has 7 nitrogen and oxygen atoms in total. The van der Waals surface area contributed by atoms with E-state index in [2.05, 4.69) is 23.5 Å². The highest BCUT2D eigenvalue weighted by Gasteiger charge is 2.27. The number of benzene rings is 2. The van der Waals surface area contributed by atoms with Crippen LogP contribution in [0.4, 0.5) is 0 Å². The summed E-state index contributed by atoms with van der Waals surface area (Å²) in [5.74, 6) is 0. The standard InChI is InChI=1S/C22H31N3O4S2/c1-18(2)24(3)17-20-9-5-4-8-19(20)16-23-30(26,27)21-10-12-22(13-11-21)31(28,29)25-14-6-7-15-25/h4-5,8-13,18,23H,6-7,14-17H2,1-3H3. The molecule has 1 N–H and O–H groups in total. The summed E-state index contributed by atoms with van der Waals surface area (Å²) in [6, 6.07) is 13.6. The Kier molecular flexibility index (Phi) is 7.54. The lowest BCUT2D eigenvalue weighted by Crippen LogP contribution is -2.28. The Morgan fingerprint density at radius 3 is 2.03 bits per heavy atom. The molecule has 0 bridgehead atoms. The maximum absolute atomic E-state index is 12.8. The van der Waals surface area contributed by atoms with Crippen molar-refractivity contribution in [3.63, 3.8) is 0 Å². The van der Waals surface area contributed by atoms with Gasteiger partial charge in [0.15, 0.2) is 0 Å². The quantitative estimate of drug-likeness (QED) is 0.615. The molecule has 0 unspecified atom stereocenters. The maximum Gasteiger partial charge on any atom is 0.243 e. The van der Waals surface area contributed by atoms with Crippen LogP contribution in [-0.4, -0.2) is 52.2 Å². The minimum atomic E-state index is -3.77. The molecule has 0 amide bonds. The van der Waals surface area contributed by atoms with Crippen molar-refractivity contribution in [2.24, 2.45) is 0 Å². The third kappa shape index (κ3) is 5.72. The van der Waals surface area contributed by atoms with Crippen LogP contribution in [-0.2, 0) is 33.1 Å². The zero-order valence-electron chi connectivity index (χ0n) is 18.3. The summed E-state index contributed by atoms with van der Waals surface area (Å²) in [4.78, 5) is 2.35. The van der Waals surface area contributed by atoms with Gasteiger partial charge in [-0.1, -0.05) is 24.3 Å². The zero-order chi connectivity index (χ0) is 22.6. The Bertz CT molecular complexity index is 1090. The van der Waals surface area contributed by atoms with E-state index < -0.39 is 20.0 Å². The summed E-state index contributed by atoms with van der Waals surface area (Å²) in [5, 5.41) is 0. The second-order valence-electron chi connectivity index (χ2n) is 8.18. The van der Waals surface area contributed by atoms with Crippen LogP contribution in [0.15, 0.2) is 58.3 Å². The van der Waals surface area contributed by atoms with Gasteiger partial charge in [-0.15, -0.1) is 0 Å². The average molecular weight is 466 g/mol. The van der Waals surface area contributed by atoms with E-state index in [1.165, 1.54) is 28.6 Å². The lowest BCUT2D eigenvalue weighted by atomic mass is 10.1. The van der Waals surface area contributed by atoms with E-state index in [0.29, 0.717) is 19.1 Å². The van der Waals surface area contributed by atoms with Crippen LogP contribution in [0.5, 0.6) is 0 Å². The molecular formula is C22H31N3O4S2. The highest BCUT2D eigenvalue weighted by Crippen LogP contribution is 2.22. The summed E-state index contributed by atoms with van der Waals surface area (Å²) in [6.45, 7) is 6.12. The molecule has 0 aliphatic carbocycles. The van der Waals surface area contributed by atoms with E-state index in [1.54, 1.807) is 0 Å². The highest BCUT2D eigenvalue weighted by atomic mass is 32.2. The van der Waals surface area contributed by atoms with Crippen LogP contribution in [0.1, 0.15) is 37.8 Å². The number of rotatable bonds is 9. The van der Waals surface area contributed by atoms with E-state index >= 15 is 0 Å². The minimum Gasteiger partial charge on any atom is -0.300 e. The highest BCUT2D eigenvalue weighted by molar-refractivity contribution is 7.89. The van der Waals surface area contributed by atoms with Crippen LogP contribution < -0.4 is 4.72 Å². The van der Waals surface area contributed by atoms with Gasteiger partial charge in [-0.2, -0.15) is 4.31 Å². The lowest BCUT2D eigenvalue weighted by Gasteiger charge is -2.22. The lowest BCUT2D eigenvalue weighted by molar-refractivity contribution is 0.265. The first-order valence-electron chi connectivity index (χ1n) is 10.5. The predicted molar refractivity (Wildman–Crippen MR) is 122 cm³/mol. The van der Waals surface area contributed by atoms with Crippen LogP contribution in [0.25, 0.3) is 0 Å². The average Bonchev–Trinajstić information content (AvgIpc) is 3.29. The maximum atomic E-state index is 12.8. The summed E-state index contributed by atoms with van der Waals surface area (Å²) in [7, 11) is -5.31. The molecule has 31 heavy (non-hydrogen) atoms. The summed E-state index contributed by atoms with van der Waals surface area (Å²) in [6.07, 6.45) is 1.70. The number of hydrogen-bond donors (Lipinski definition) is 1. The van der Waals surface area contributed by atoms with Gasteiger partial charge < -0.3 is 0 Å². The van der Waals surface area contributed by atoms with Gasteiger partial charge in [-0.05, 0) is 69.1 Å². The van der Waals surface area contributed by atoms with E-state index in [0.717, 1.165) is 30.5 Å². The fourth-order valence-electron chi connectivity index (χ4n) is 3.46. The molecular weight excluding hydrogens is 434 g/mol. The second kappa shape index (κ2) is 9.79. The first-order valence-corrected chi connectivity index (χ1v) is 13.4. The predicted octanol–water partition coefficient (Wildman–Crippen LogP) is 2.79. The Morgan fingerprint density at radius 1 is 0.903 bits per heavy atom. The van der Waals surface area contributed by atoms with Crippen molar-refractivity contribution in [3.05, 3.63) is 59.7 Å². The third-order valence-electron chi connectivity index (χ3n) is 5.71. The van der Waals surface area contributed by atoms with Crippen molar-refractivity contribution in [2.75, 3.05) is 20.1 Å². The first-order chi connectivity index (χ1) is 14.6. The molecule has 2 aromatic rings. The van der Waals surface area contributed by atoms with Crippen molar-refractivity contribution >= 4 is 20.0 Å². The Balaban J connectivity index is 1.72. The van der Waals surface area contributed by atoms with Crippen LogP contribution in [0.2, 0.25) is 0 Å². The number of hydrogen-bond acceptors (Lipinski definition) is 5. The fraction of sp³-hybridized carbons (Fsp3) is 0.455. The largest absolute Gasteiger partial charge is 0.300 e. The van der Waals surface area contributed by atoms with Crippen molar-refractivity contribution in [3.8, 4) is 0 Å². The Morgan fingerprint density at radius 2 is 1.45 bits per heavy atom. The van der Waals surface area contributed by atoms with Crippen LogP contribution >= 0.6 is 0 Å². The van der Waals surface area contributed by atoms with E-state index in [4.69, 9.17) is 0 Å². The minimum absolute atomic E-state index is 0.0460. The molecule has 1 heterocycles. The normalized spacial score (nSPS) is 15.8. The molecule has 0 spiro atoms. The summed E-state index contributed by atoms with van der Waals surface area (Å²) >= 11 is 0. The summed E-state index contributed by atoms with van der Waals surface area (Å²) in [5.41, 5.74) is 1.97. The molecule has 1 saturated heterocycles. The van der Waals surface area contributed by atoms with Gasteiger partial charge in [0, 0.05) is 32.2 Å². The molecule has 2 aromatic carbocycles. The third-order valence-corrected chi connectivity index (χ3v) is 9.04. The molecule has 0 saturated carbocycles. The first kappa shape index (κ1) is 23.9. The van der Waals surface area contributed by atoms with Crippen molar-refractivity contribution < 1.29 is 16.8 Å². The van der Waals surface area contributed by atoms with Gasteiger partial charge in [0.1, 0.15) is 0 Å². The molecule has 9 heteroatoms. The van der Waals surface area contributed by atoms with E-state index in [9.17, 15) is 16.8 Å². The van der Waals surface area contributed by atoms with Crippen molar-refractivity contribution in [1.82, 2.24) is 13.9 Å². The van der Waals surface area contributed by atoms with Gasteiger partial charge >= 0.3 is 0 Å². The van der Waals surface area contributed by atoms with E-state index in [1.807, 2.05) is 31.3 Å². The zero-order valence-corrected chi connectivity index (χ0v) is 19.9. The number of nitrogens with one attached hydrogen (secondary N) is 1. The van der Waals surface area contributed by atoms with Crippen LogP contribution in [0.3, 0.4) is 0 Å². The van der Waals surface area contributed by atoms with Crippen LogP contribution in [0, 0.1) is 0 Å². The number of sulfonamides is 2. The second-order valence-corrected chi connectivity index (χ2v) is 11.9. The Labute approximate surface area is 186 Å². The fourth-order valence-corrected chi connectivity index (χ4v) is 5.98. The molecule has 0 aromatic heterocycles. The van der Waals surface area contributed by atoms with Gasteiger partial charge in [0.25, 0.3) is 0 Å². The number of nitrogens with zero attached hydrogens (tertiary/aromatic N) is 2. The van der Waals surface area contributed by atoms with E-state index in [-0.39, 0.29) is 16.3 Å². The van der Waals surface area contributed by atoms with Crippen molar-refractivity contribution in [1.29, 1.82) is 0 Å². The van der Waals surface area contributed by atoms with Gasteiger partial charge in [0.05, 0.1) is 9.79 Å². The smallest absolute Gasteiger partial charge is 0.243 e. The monoisotopic (exact) mass is 465 g/mol. The molecule has 0 radical (unpaired) electrons. The van der Waals surface area contributed by atoms with Gasteiger partial charge in [-0.25, -0.2) is 21.6 Å². The Hall–Kier alpha value is -1.78. The molecule has 0 atom stereocenters. The molecule has 170 valence electrons. The topological polar surface area (TPSA) is 86.8 Å². The van der Waals surface area contributed by atoms with Gasteiger partial charge in [0.2, 0.25) is 20.0 Å².